The molecule has 1 saturated heterocycles. The summed E-state index contributed by atoms with van der Waals surface area (Å²) < 4.78 is 24.9. The second-order valence-electron chi connectivity index (χ2n) is 6.39. The van der Waals surface area contributed by atoms with Crippen LogP contribution in [0.2, 0.25) is 0 Å². The summed E-state index contributed by atoms with van der Waals surface area (Å²) >= 11 is 0. The van der Waals surface area contributed by atoms with Gasteiger partial charge in [0, 0.05) is 31.2 Å². The molecule has 1 unspecified atom stereocenters. The maximum Gasteiger partial charge on any atom is 0.223 e. The molecule has 1 amide bonds. The van der Waals surface area contributed by atoms with Gasteiger partial charge in [-0.3, -0.25) is 4.79 Å². The van der Waals surface area contributed by atoms with Gasteiger partial charge in [0.1, 0.15) is 0 Å². The first kappa shape index (κ1) is 21.7. The van der Waals surface area contributed by atoms with Gasteiger partial charge in [0.2, 0.25) is 15.9 Å². The minimum Gasteiger partial charge on any atom is -0.399 e. The molecule has 1 heterocycles. The standard InChI is InChI=1S/C17H27N3O3S.ClH/c1-24(22,23)19-12-11-15-7-4-5-13-20(15)17(21)10-9-14-6-2-3-8-16(14)18;/h2-3,6,8,15,19H,4-5,7,9-13,18H2,1H3;1H. The van der Waals surface area contributed by atoms with E-state index in [0.717, 1.165) is 43.3 Å². The predicted octanol–water partition coefficient (Wildman–Crippen LogP) is 1.94. The maximum atomic E-state index is 12.6. The molecule has 1 atom stereocenters. The summed E-state index contributed by atoms with van der Waals surface area (Å²) in [5.74, 6) is 0.127. The number of benzene rings is 1. The van der Waals surface area contributed by atoms with Crippen molar-refractivity contribution in [3.63, 3.8) is 0 Å². The second-order valence-corrected chi connectivity index (χ2v) is 8.22. The van der Waals surface area contributed by atoms with Crippen molar-refractivity contribution in [2.24, 2.45) is 0 Å². The first-order chi connectivity index (χ1) is 11.4. The molecule has 0 radical (unpaired) electrons. The van der Waals surface area contributed by atoms with Crippen molar-refractivity contribution in [2.75, 3.05) is 25.1 Å². The zero-order valence-electron chi connectivity index (χ0n) is 14.6. The largest absolute Gasteiger partial charge is 0.399 e. The molecule has 0 aromatic heterocycles. The average molecular weight is 390 g/mol. The highest BCUT2D eigenvalue weighted by Crippen LogP contribution is 2.21. The van der Waals surface area contributed by atoms with Crippen LogP contribution in [0.3, 0.4) is 0 Å². The third-order valence-electron chi connectivity index (χ3n) is 4.45. The molecule has 0 aliphatic carbocycles. The summed E-state index contributed by atoms with van der Waals surface area (Å²) in [5.41, 5.74) is 7.65. The molecule has 0 saturated carbocycles. The molecule has 1 aromatic carbocycles. The Balaban J connectivity index is 0.00000312. The molecule has 3 N–H and O–H groups in total. The number of anilines is 1. The van der Waals surface area contributed by atoms with E-state index in [-0.39, 0.29) is 24.4 Å². The number of carbonyl (C=O) groups is 1. The SMILES string of the molecule is CS(=O)(=O)NCCC1CCCCN1C(=O)CCc1ccccc1N.Cl. The van der Waals surface area contributed by atoms with Gasteiger partial charge >= 0.3 is 0 Å². The predicted molar refractivity (Wildman–Crippen MR) is 103 cm³/mol. The van der Waals surface area contributed by atoms with Crippen molar-refractivity contribution in [2.45, 2.75) is 44.6 Å². The van der Waals surface area contributed by atoms with Gasteiger partial charge in [-0.25, -0.2) is 13.1 Å². The van der Waals surface area contributed by atoms with E-state index in [0.29, 0.717) is 25.8 Å². The molecule has 0 spiro atoms. The molecule has 2 rings (SSSR count). The molecule has 0 bridgehead atoms. The van der Waals surface area contributed by atoms with Crippen LogP contribution in [0.4, 0.5) is 5.69 Å². The number of nitrogen functional groups attached to an aromatic ring is 1. The summed E-state index contributed by atoms with van der Waals surface area (Å²) in [4.78, 5) is 14.5. The Morgan fingerprint density at radius 3 is 2.72 bits per heavy atom. The summed E-state index contributed by atoms with van der Waals surface area (Å²) in [7, 11) is -3.18. The fourth-order valence-corrected chi connectivity index (χ4v) is 3.68. The van der Waals surface area contributed by atoms with E-state index >= 15 is 0 Å². The number of nitrogens with one attached hydrogen (secondary N) is 1. The highest BCUT2D eigenvalue weighted by Gasteiger charge is 2.26. The summed E-state index contributed by atoms with van der Waals surface area (Å²) in [6, 6.07) is 7.73. The Hall–Kier alpha value is -1.31. The highest BCUT2D eigenvalue weighted by atomic mass is 35.5. The number of halogens is 1. The Morgan fingerprint density at radius 1 is 1.32 bits per heavy atom. The fraction of sp³-hybridized carbons (Fsp3) is 0.588. The van der Waals surface area contributed by atoms with Crippen molar-refractivity contribution in [3.05, 3.63) is 29.8 Å². The zero-order valence-corrected chi connectivity index (χ0v) is 16.2. The fourth-order valence-electron chi connectivity index (χ4n) is 3.19. The topological polar surface area (TPSA) is 92.5 Å². The molecular weight excluding hydrogens is 362 g/mol. The van der Waals surface area contributed by atoms with Crippen molar-refractivity contribution < 1.29 is 13.2 Å². The number of nitrogens with two attached hydrogens (primary N) is 1. The van der Waals surface area contributed by atoms with Gasteiger partial charge in [-0.05, 0) is 43.7 Å². The number of likely N-dealkylation sites (tertiary alicyclic amines) is 1. The number of amides is 1. The number of hydrogen-bond acceptors (Lipinski definition) is 4. The van der Waals surface area contributed by atoms with Crippen LogP contribution in [0.25, 0.3) is 0 Å². The molecule has 25 heavy (non-hydrogen) atoms. The lowest BCUT2D eigenvalue weighted by molar-refractivity contribution is -0.134. The lowest BCUT2D eigenvalue weighted by Crippen LogP contribution is -2.45. The van der Waals surface area contributed by atoms with Crippen molar-refractivity contribution >= 4 is 34.0 Å². The third-order valence-corrected chi connectivity index (χ3v) is 5.18. The smallest absolute Gasteiger partial charge is 0.223 e. The Labute approximate surface area is 156 Å². The van der Waals surface area contributed by atoms with Gasteiger partial charge in [-0.1, -0.05) is 18.2 Å². The number of para-hydroxylation sites is 1. The highest BCUT2D eigenvalue weighted by molar-refractivity contribution is 7.88. The van der Waals surface area contributed by atoms with E-state index in [1.54, 1.807) is 0 Å². The number of sulfonamides is 1. The maximum absolute atomic E-state index is 12.6. The molecule has 1 fully saturated rings. The number of piperidine rings is 1. The number of aryl methyl sites for hydroxylation is 1. The summed E-state index contributed by atoms with van der Waals surface area (Å²) in [6.07, 6.45) is 5.91. The molecule has 1 aromatic rings. The average Bonchev–Trinajstić information content (AvgIpc) is 2.53. The molecule has 142 valence electrons. The van der Waals surface area contributed by atoms with Crippen molar-refractivity contribution in [1.82, 2.24) is 9.62 Å². The van der Waals surface area contributed by atoms with Crippen LogP contribution in [0.5, 0.6) is 0 Å². The number of rotatable bonds is 7. The van der Waals surface area contributed by atoms with Gasteiger partial charge in [-0.15, -0.1) is 12.4 Å². The van der Waals surface area contributed by atoms with E-state index < -0.39 is 10.0 Å². The summed E-state index contributed by atoms with van der Waals surface area (Å²) in [6.45, 7) is 1.13. The van der Waals surface area contributed by atoms with Crippen LogP contribution in [0, 0.1) is 0 Å². The third kappa shape index (κ3) is 7.22. The minimum atomic E-state index is -3.18. The van der Waals surface area contributed by atoms with Gasteiger partial charge in [-0.2, -0.15) is 0 Å². The van der Waals surface area contributed by atoms with E-state index in [4.69, 9.17) is 5.73 Å². The number of nitrogens with zero attached hydrogens (tertiary/aromatic N) is 1. The van der Waals surface area contributed by atoms with Crippen molar-refractivity contribution in [3.8, 4) is 0 Å². The molecular formula is C17H28ClN3O3S. The van der Waals surface area contributed by atoms with E-state index in [1.165, 1.54) is 0 Å². The number of carbonyl (C=O) groups excluding carboxylic acids is 1. The van der Waals surface area contributed by atoms with Crippen LogP contribution in [0.1, 0.15) is 37.7 Å². The van der Waals surface area contributed by atoms with Gasteiger partial charge in [0.05, 0.1) is 6.26 Å². The zero-order chi connectivity index (χ0) is 17.6. The normalized spacial score (nSPS) is 17.8. The van der Waals surface area contributed by atoms with E-state index in [9.17, 15) is 13.2 Å². The van der Waals surface area contributed by atoms with Crippen LogP contribution in [-0.2, 0) is 21.2 Å². The Morgan fingerprint density at radius 2 is 2.04 bits per heavy atom. The number of hydrogen-bond donors (Lipinski definition) is 2. The van der Waals surface area contributed by atoms with Crippen LogP contribution < -0.4 is 10.5 Å². The minimum absolute atomic E-state index is 0. The monoisotopic (exact) mass is 389 g/mol. The van der Waals surface area contributed by atoms with Gasteiger partial charge in [0.25, 0.3) is 0 Å². The first-order valence-corrected chi connectivity index (χ1v) is 10.3. The lowest BCUT2D eigenvalue weighted by Gasteiger charge is -2.36. The van der Waals surface area contributed by atoms with Crippen molar-refractivity contribution in [1.29, 1.82) is 0 Å². The quantitative estimate of drug-likeness (QED) is 0.697. The lowest BCUT2D eigenvalue weighted by atomic mass is 9.98. The van der Waals surface area contributed by atoms with Crippen LogP contribution in [-0.4, -0.2) is 44.6 Å². The van der Waals surface area contributed by atoms with Crippen LogP contribution >= 0.6 is 12.4 Å². The Bertz CT molecular complexity index is 667. The molecule has 6 nitrogen and oxygen atoms in total. The first-order valence-electron chi connectivity index (χ1n) is 8.44. The molecule has 1 aliphatic rings. The van der Waals surface area contributed by atoms with E-state index in [1.807, 2.05) is 29.2 Å². The van der Waals surface area contributed by atoms with E-state index in [2.05, 4.69) is 4.72 Å². The van der Waals surface area contributed by atoms with Gasteiger partial charge in [0.15, 0.2) is 0 Å². The van der Waals surface area contributed by atoms with Gasteiger partial charge < -0.3 is 10.6 Å². The van der Waals surface area contributed by atoms with Crippen LogP contribution in [0.15, 0.2) is 24.3 Å². The summed E-state index contributed by atoms with van der Waals surface area (Å²) in [5, 5.41) is 0. The molecule has 8 heteroatoms. The molecule has 1 aliphatic heterocycles. The Kier molecular flexibility index (Phi) is 8.68. The second kappa shape index (κ2) is 9.99.